The smallest absolute Gasteiger partial charge is 0.318 e. The number of hydrogen-bond acceptors (Lipinski definition) is 4. The third kappa shape index (κ3) is 2.26. The second-order valence-corrected chi connectivity index (χ2v) is 6.73. The van der Waals surface area contributed by atoms with Crippen LogP contribution in [0.25, 0.3) is 0 Å². The number of carboxylic acids is 1. The summed E-state index contributed by atoms with van der Waals surface area (Å²) < 4.78 is 0. The molecule has 6 nitrogen and oxygen atoms in total. The summed E-state index contributed by atoms with van der Waals surface area (Å²) in [6, 6.07) is -0.219. The van der Waals surface area contributed by atoms with E-state index in [2.05, 4.69) is 10.3 Å². The molecular weight excluding hydrogens is 278 g/mol. The van der Waals surface area contributed by atoms with Gasteiger partial charge in [0.1, 0.15) is 5.01 Å². The van der Waals surface area contributed by atoms with Crippen molar-refractivity contribution in [1.82, 2.24) is 15.2 Å². The number of nitrogens with one attached hydrogen (secondary N) is 1. The van der Waals surface area contributed by atoms with Crippen molar-refractivity contribution < 1.29 is 14.7 Å². The van der Waals surface area contributed by atoms with Gasteiger partial charge in [-0.25, -0.2) is 9.78 Å². The van der Waals surface area contributed by atoms with Crippen LogP contribution < -0.4 is 5.32 Å². The molecule has 2 aliphatic heterocycles. The van der Waals surface area contributed by atoms with E-state index >= 15 is 0 Å². The van der Waals surface area contributed by atoms with E-state index in [0.29, 0.717) is 13.0 Å². The summed E-state index contributed by atoms with van der Waals surface area (Å²) in [5.41, 5.74) is 0. The van der Waals surface area contributed by atoms with Gasteiger partial charge in [-0.15, -0.1) is 11.3 Å². The van der Waals surface area contributed by atoms with Gasteiger partial charge in [0.25, 0.3) is 0 Å². The Kier molecular flexibility index (Phi) is 3.37. The zero-order valence-corrected chi connectivity index (χ0v) is 12.0. The number of carbonyl (C=O) groups is 2. The lowest BCUT2D eigenvalue weighted by atomic mass is 9.89. The third-order valence-corrected chi connectivity index (χ3v) is 5.06. The van der Waals surface area contributed by atoms with Gasteiger partial charge in [0.2, 0.25) is 0 Å². The molecule has 3 heterocycles. The number of nitrogens with zero attached hydrogens (tertiary/aromatic N) is 2. The highest BCUT2D eigenvalue weighted by molar-refractivity contribution is 7.11. The number of rotatable bonds is 3. The van der Waals surface area contributed by atoms with Crippen LogP contribution in [0.3, 0.4) is 0 Å². The molecule has 3 rings (SSSR count). The fourth-order valence-electron chi connectivity index (χ4n) is 3.30. The van der Waals surface area contributed by atoms with Gasteiger partial charge in [0.05, 0.1) is 12.5 Å². The molecule has 0 spiro atoms. The first-order valence-electron chi connectivity index (χ1n) is 6.76. The lowest BCUT2D eigenvalue weighted by molar-refractivity contribution is -0.142. The number of fused-ring (bicyclic) bond motifs is 2. The topological polar surface area (TPSA) is 82.5 Å². The first kappa shape index (κ1) is 13.4. The monoisotopic (exact) mass is 295 g/mol. The van der Waals surface area contributed by atoms with E-state index in [1.54, 1.807) is 22.4 Å². The van der Waals surface area contributed by atoms with Crippen molar-refractivity contribution in [3.05, 3.63) is 16.1 Å². The first-order chi connectivity index (χ1) is 9.56. The van der Waals surface area contributed by atoms with Gasteiger partial charge in [-0.3, -0.25) is 4.79 Å². The standard InChI is InChI=1S/C13H17N3O3S/c1-7-5-14-11(20-7)6-15-13(19)16-8-2-3-10(16)9(4-8)12(17)18/h5,8-10H,2-4,6H2,1H3,(H,15,19)(H,17,18). The van der Waals surface area contributed by atoms with Crippen LogP contribution in [0.15, 0.2) is 6.20 Å². The molecule has 2 N–H and O–H groups in total. The molecule has 2 amide bonds. The van der Waals surface area contributed by atoms with Crippen molar-refractivity contribution in [1.29, 1.82) is 0 Å². The summed E-state index contributed by atoms with van der Waals surface area (Å²) >= 11 is 1.56. The Bertz CT molecular complexity index is 545. The average Bonchev–Trinajstić information content (AvgIpc) is 3.09. The number of urea groups is 1. The van der Waals surface area contributed by atoms with Gasteiger partial charge in [-0.2, -0.15) is 0 Å². The van der Waals surface area contributed by atoms with Crippen LogP contribution in [-0.4, -0.2) is 39.1 Å². The molecule has 2 fully saturated rings. The minimum absolute atomic E-state index is 0.0825. The van der Waals surface area contributed by atoms with Crippen molar-refractivity contribution in [2.75, 3.05) is 0 Å². The number of aliphatic carboxylic acids is 1. The maximum absolute atomic E-state index is 12.3. The number of amides is 2. The number of carbonyl (C=O) groups excluding carboxylic acids is 1. The molecule has 0 aliphatic carbocycles. The molecule has 20 heavy (non-hydrogen) atoms. The van der Waals surface area contributed by atoms with Gasteiger partial charge in [0, 0.05) is 23.2 Å². The van der Waals surface area contributed by atoms with Crippen molar-refractivity contribution >= 4 is 23.3 Å². The summed E-state index contributed by atoms with van der Waals surface area (Å²) in [5.74, 6) is -1.19. The maximum Gasteiger partial charge on any atom is 0.318 e. The fourth-order valence-corrected chi connectivity index (χ4v) is 4.02. The highest BCUT2D eigenvalue weighted by Gasteiger charge is 2.51. The Balaban J connectivity index is 1.62. The van der Waals surface area contributed by atoms with Crippen LogP contribution in [0.2, 0.25) is 0 Å². The maximum atomic E-state index is 12.3. The van der Waals surface area contributed by atoms with E-state index in [9.17, 15) is 14.7 Å². The quantitative estimate of drug-likeness (QED) is 0.887. The van der Waals surface area contributed by atoms with Crippen LogP contribution in [0.1, 0.15) is 29.1 Å². The zero-order valence-electron chi connectivity index (χ0n) is 11.2. The lowest BCUT2D eigenvalue weighted by Gasteiger charge is -2.23. The summed E-state index contributed by atoms with van der Waals surface area (Å²) in [6.45, 7) is 2.38. The Morgan fingerprint density at radius 3 is 2.95 bits per heavy atom. The molecule has 0 aromatic carbocycles. The largest absolute Gasteiger partial charge is 0.481 e. The van der Waals surface area contributed by atoms with Crippen molar-refractivity contribution in [2.45, 2.75) is 44.8 Å². The summed E-state index contributed by atoms with van der Waals surface area (Å²) in [6.07, 6.45) is 4.08. The van der Waals surface area contributed by atoms with E-state index in [0.717, 1.165) is 22.7 Å². The lowest BCUT2D eigenvalue weighted by Crippen LogP contribution is -2.44. The molecule has 2 bridgehead atoms. The normalized spacial score (nSPS) is 27.9. The highest BCUT2D eigenvalue weighted by Crippen LogP contribution is 2.41. The molecule has 0 saturated carbocycles. The van der Waals surface area contributed by atoms with Gasteiger partial charge >= 0.3 is 12.0 Å². The number of hydrogen-bond donors (Lipinski definition) is 2. The third-order valence-electron chi connectivity index (χ3n) is 4.15. The van der Waals surface area contributed by atoms with Gasteiger partial charge in [0.15, 0.2) is 0 Å². The summed E-state index contributed by atoms with van der Waals surface area (Å²) in [5, 5.41) is 12.9. The minimum atomic E-state index is -0.787. The molecule has 0 radical (unpaired) electrons. The van der Waals surface area contributed by atoms with E-state index in [1.807, 2.05) is 6.92 Å². The van der Waals surface area contributed by atoms with Crippen LogP contribution in [0.4, 0.5) is 4.79 Å². The molecular formula is C13H17N3O3S. The molecule has 1 aromatic rings. The van der Waals surface area contributed by atoms with Gasteiger partial charge in [-0.1, -0.05) is 0 Å². The number of aryl methyl sites for hydroxylation is 1. The van der Waals surface area contributed by atoms with Crippen LogP contribution in [0.5, 0.6) is 0 Å². The second-order valence-electron chi connectivity index (χ2n) is 5.41. The minimum Gasteiger partial charge on any atom is -0.481 e. The van der Waals surface area contributed by atoms with E-state index in [-0.39, 0.29) is 18.1 Å². The highest BCUT2D eigenvalue weighted by atomic mass is 32.1. The molecule has 2 saturated heterocycles. The molecule has 7 heteroatoms. The van der Waals surface area contributed by atoms with Crippen molar-refractivity contribution in [3.63, 3.8) is 0 Å². The average molecular weight is 295 g/mol. The number of carboxylic acid groups (broad SMARTS) is 1. The first-order valence-corrected chi connectivity index (χ1v) is 7.58. The predicted octanol–water partition coefficient (Wildman–Crippen LogP) is 1.60. The van der Waals surface area contributed by atoms with E-state index in [1.165, 1.54) is 0 Å². The van der Waals surface area contributed by atoms with Gasteiger partial charge < -0.3 is 15.3 Å². The van der Waals surface area contributed by atoms with Crippen LogP contribution in [-0.2, 0) is 11.3 Å². The van der Waals surface area contributed by atoms with E-state index in [4.69, 9.17) is 0 Å². The summed E-state index contributed by atoms with van der Waals surface area (Å²) in [4.78, 5) is 30.5. The number of aromatic nitrogens is 1. The molecule has 108 valence electrons. The molecule has 1 aromatic heterocycles. The number of thiazole rings is 1. The van der Waals surface area contributed by atoms with Gasteiger partial charge in [-0.05, 0) is 26.2 Å². The van der Waals surface area contributed by atoms with Crippen molar-refractivity contribution in [2.24, 2.45) is 5.92 Å². The SMILES string of the molecule is Cc1cnc(CNC(=O)N2C3CCC2C(C(=O)O)C3)s1. The Labute approximate surface area is 120 Å². The van der Waals surface area contributed by atoms with Crippen LogP contribution >= 0.6 is 11.3 Å². The molecule has 3 atom stereocenters. The molecule has 2 aliphatic rings. The fraction of sp³-hybridized carbons (Fsp3) is 0.615. The zero-order chi connectivity index (χ0) is 14.3. The Morgan fingerprint density at radius 2 is 2.35 bits per heavy atom. The second kappa shape index (κ2) is 5.05. The molecule has 3 unspecified atom stereocenters. The van der Waals surface area contributed by atoms with E-state index < -0.39 is 11.9 Å². The van der Waals surface area contributed by atoms with Crippen LogP contribution in [0, 0.1) is 12.8 Å². The predicted molar refractivity (Wildman–Crippen MR) is 73.5 cm³/mol. The van der Waals surface area contributed by atoms with Crippen molar-refractivity contribution in [3.8, 4) is 0 Å². The summed E-state index contributed by atoms with van der Waals surface area (Å²) in [7, 11) is 0. The Morgan fingerprint density at radius 1 is 1.55 bits per heavy atom. The Hall–Kier alpha value is -1.63.